The number of carbonyl (C=O) groups is 1. The highest BCUT2D eigenvalue weighted by molar-refractivity contribution is 7.07. The Hall–Kier alpha value is -4.05. The van der Waals surface area contributed by atoms with Gasteiger partial charge >= 0.3 is 5.97 Å². The summed E-state index contributed by atoms with van der Waals surface area (Å²) in [5.41, 5.74) is 1.26. The molecule has 0 N–H and O–H groups in total. The number of hydrogen-bond donors (Lipinski definition) is 0. The lowest BCUT2D eigenvalue weighted by Crippen LogP contribution is -2.39. The zero-order valence-corrected chi connectivity index (χ0v) is 22.1. The normalized spacial score (nSPS) is 14.8. The van der Waals surface area contributed by atoms with Crippen LogP contribution in [0.3, 0.4) is 0 Å². The Labute approximate surface area is 217 Å². The molecule has 0 saturated carbocycles. The molecule has 37 heavy (non-hydrogen) atoms. The van der Waals surface area contributed by atoms with E-state index < -0.39 is 12.0 Å². The first-order valence-corrected chi connectivity index (χ1v) is 12.5. The van der Waals surface area contributed by atoms with Crippen LogP contribution in [0.4, 0.5) is 0 Å². The van der Waals surface area contributed by atoms with Crippen molar-refractivity contribution in [2.75, 3.05) is 34.5 Å². The Kier molecular flexibility index (Phi) is 7.98. The van der Waals surface area contributed by atoms with Gasteiger partial charge < -0.3 is 23.7 Å². The molecule has 194 valence electrons. The predicted octanol–water partition coefficient (Wildman–Crippen LogP) is 2.83. The lowest BCUT2D eigenvalue weighted by molar-refractivity contribution is -0.136. The fourth-order valence-corrected chi connectivity index (χ4v) is 5.04. The van der Waals surface area contributed by atoms with E-state index in [1.807, 2.05) is 19.9 Å². The number of carbonyl (C=O) groups excluding carboxylic acids is 1. The molecule has 2 aromatic carbocycles. The maximum absolute atomic E-state index is 13.8. The summed E-state index contributed by atoms with van der Waals surface area (Å²) in [6.07, 6.45) is 3.18. The average molecular weight is 525 g/mol. The Morgan fingerprint density at radius 3 is 2.41 bits per heavy atom. The second-order valence-electron chi connectivity index (χ2n) is 7.86. The van der Waals surface area contributed by atoms with E-state index in [9.17, 15) is 9.59 Å². The van der Waals surface area contributed by atoms with Crippen molar-refractivity contribution < 1.29 is 28.5 Å². The Balaban J connectivity index is 1.92. The van der Waals surface area contributed by atoms with Gasteiger partial charge in [-0.2, -0.15) is 0 Å². The topological polar surface area (TPSA) is 97.6 Å². The summed E-state index contributed by atoms with van der Waals surface area (Å²) in [5.74, 6) is 1.74. The van der Waals surface area contributed by atoms with Crippen LogP contribution >= 0.6 is 11.3 Å². The molecule has 0 aliphatic carbocycles. The first-order valence-electron chi connectivity index (χ1n) is 11.7. The molecular formula is C27H28N2O7S. The van der Waals surface area contributed by atoms with Gasteiger partial charge in [0.05, 0.1) is 50.7 Å². The van der Waals surface area contributed by atoms with Gasteiger partial charge in [-0.05, 0) is 55.8 Å². The van der Waals surface area contributed by atoms with Crippen LogP contribution < -0.4 is 33.8 Å². The number of benzene rings is 2. The van der Waals surface area contributed by atoms with Crippen LogP contribution in [0.5, 0.6) is 23.0 Å². The summed E-state index contributed by atoms with van der Waals surface area (Å²) in [6, 6.07) is 9.93. The highest BCUT2D eigenvalue weighted by Crippen LogP contribution is 2.35. The first kappa shape index (κ1) is 26.0. The van der Waals surface area contributed by atoms with E-state index in [4.69, 9.17) is 23.7 Å². The van der Waals surface area contributed by atoms with E-state index in [-0.39, 0.29) is 11.1 Å². The van der Waals surface area contributed by atoms with Gasteiger partial charge in [0, 0.05) is 11.8 Å². The molecule has 1 aliphatic heterocycles. The van der Waals surface area contributed by atoms with E-state index in [2.05, 4.69) is 4.99 Å². The largest absolute Gasteiger partial charge is 0.497 e. The quantitative estimate of drug-likeness (QED) is 0.397. The second-order valence-corrected chi connectivity index (χ2v) is 8.87. The fraction of sp³-hybridized carbons (Fsp3) is 0.296. The number of hydrogen-bond acceptors (Lipinski definition) is 9. The lowest BCUT2D eigenvalue weighted by Gasteiger charge is -2.23. The molecule has 0 unspecified atom stereocenters. The monoisotopic (exact) mass is 524 g/mol. The smallest absolute Gasteiger partial charge is 0.337 e. The summed E-state index contributed by atoms with van der Waals surface area (Å²) in [4.78, 5) is 31.4. The second kappa shape index (κ2) is 11.3. The number of thiazole rings is 1. The van der Waals surface area contributed by atoms with Crippen molar-refractivity contribution in [3.8, 4) is 23.0 Å². The third kappa shape index (κ3) is 5.10. The number of esters is 1. The number of rotatable bonds is 9. The van der Waals surface area contributed by atoms with Crippen LogP contribution in [0.15, 0.2) is 58.0 Å². The molecule has 0 fully saturated rings. The summed E-state index contributed by atoms with van der Waals surface area (Å²) in [6.45, 7) is 4.65. The number of fused-ring (bicyclic) bond motifs is 1. The lowest BCUT2D eigenvalue weighted by atomic mass is 9.97. The molecule has 1 aromatic heterocycles. The summed E-state index contributed by atoms with van der Waals surface area (Å²) in [7, 11) is 4.43. The van der Waals surface area contributed by atoms with Crippen molar-refractivity contribution in [3.63, 3.8) is 0 Å². The molecule has 0 amide bonds. The van der Waals surface area contributed by atoms with Gasteiger partial charge in [0.15, 0.2) is 16.3 Å². The molecule has 2 heterocycles. The fourth-order valence-electron chi connectivity index (χ4n) is 4.08. The van der Waals surface area contributed by atoms with Gasteiger partial charge in [-0.25, -0.2) is 9.79 Å². The predicted molar refractivity (Wildman–Crippen MR) is 139 cm³/mol. The third-order valence-electron chi connectivity index (χ3n) is 5.73. The summed E-state index contributed by atoms with van der Waals surface area (Å²) >= 11 is 1.21. The third-order valence-corrected chi connectivity index (χ3v) is 6.73. The molecule has 10 heteroatoms. The minimum absolute atomic E-state index is 0.229. The van der Waals surface area contributed by atoms with Gasteiger partial charge in [0.2, 0.25) is 0 Å². The van der Waals surface area contributed by atoms with Crippen molar-refractivity contribution in [1.29, 1.82) is 0 Å². The van der Waals surface area contributed by atoms with Crippen molar-refractivity contribution in [1.82, 2.24) is 4.57 Å². The van der Waals surface area contributed by atoms with Gasteiger partial charge in [0.1, 0.15) is 11.5 Å². The van der Waals surface area contributed by atoms with Crippen LogP contribution in [-0.2, 0) is 9.53 Å². The van der Waals surface area contributed by atoms with Crippen LogP contribution in [0.25, 0.3) is 6.08 Å². The molecule has 4 rings (SSSR count). The van der Waals surface area contributed by atoms with Crippen LogP contribution in [0.1, 0.15) is 31.0 Å². The van der Waals surface area contributed by atoms with Crippen molar-refractivity contribution in [3.05, 3.63) is 79.0 Å². The molecule has 1 aliphatic rings. The first-order chi connectivity index (χ1) is 17.9. The molecule has 9 nitrogen and oxygen atoms in total. The molecule has 3 aromatic rings. The van der Waals surface area contributed by atoms with Gasteiger partial charge in [0.25, 0.3) is 5.56 Å². The van der Waals surface area contributed by atoms with E-state index in [0.717, 1.165) is 0 Å². The Bertz CT molecular complexity index is 1520. The number of aromatic nitrogens is 1. The maximum atomic E-state index is 13.8. The molecule has 0 saturated heterocycles. The van der Waals surface area contributed by atoms with Crippen LogP contribution in [0, 0.1) is 0 Å². The summed E-state index contributed by atoms with van der Waals surface area (Å²) in [5, 5.41) is 0. The highest BCUT2D eigenvalue weighted by Gasteiger charge is 2.31. The van der Waals surface area contributed by atoms with Crippen molar-refractivity contribution >= 4 is 23.4 Å². The molecule has 1 atom stereocenters. The minimum atomic E-state index is -0.770. The van der Waals surface area contributed by atoms with Crippen molar-refractivity contribution in [2.24, 2.45) is 4.99 Å². The van der Waals surface area contributed by atoms with Gasteiger partial charge in [-0.1, -0.05) is 17.4 Å². The Morgan fingerprint density at radius 2 is 1.73 bits per heavy atom. The molecule has 0 spiro atoms. The van der Waals surface area contributed by atoms with Gasteiger partial charge in [-0.15, -0.1) is 0 Å². The number of nitrogens with zero attached hydrogens (tertiary/aromatic N) is 2. The van der Waals surface area contributed by atoms with E-state index in [1.165, 1.54) is 29.2 Å². The standard InChI is InChI=1S/C27H28N2O7S/c1-6-35-21-10-8-16(13-22(21)36-7-2)24-19(26(31)34-5)15-28-27-29(24)25(30)23(37-27)14-17-12-18(32-3)9-11-20(17)33-4/h8-15,24H,6-7H2,1-5H3/b23-14+/t24-/m1/s1. The van der Waals surface area contributed by atoms with E-state index in [0.29, 0.717) is 56.7 Å². The van der Waals surface area contributed by atoms with E-state index in [1.54, 1.807) is 50.6 Å². The average Bonchev–Trinajstić information content (AvgIpc) is 3.23. The van der Waals surface area contributed by atoms with Crippen LogP contribution in [0.2, 0.25) is 0 Å². The number of methoxy groups -OCH3 is 3. The van der Waals surface area contributed by atoms with Crippen molar-refractivity contribution in [2.45, 2.75) is 19.9 Å². The zero-order valence-electron chi connectivity index (χ0n) is 21.3. The molecule has 0 bridgehead atoms. The summed E-state index contributed by atoms with van der Waals surface area (Å²) < 4.78 is 29.2. The zero-order chi connectivity index (χ0) is 26.5. The van der Waals surface area contributed by atoms with E-state index >= 15 is 0 Å². The molecule has 0 radical (unpaired) electrons. The maximum Gasteiger partial charge on any atom is 0.337 e. The highest BCUT2D eigenvalue weighted by atomic mass is 32.1. The Morgan fingerprint density at radius 1 is 1.00 bits per heavy atom. The van der Waals surface area contributed by atoms with Gasteiger partial charge in [-0.3, -0.25) is 9.36 Å². The minimum Gasteiger partial charge on any atom is -0.497 e. The van der Waals surface area contributed by atoms with Crippen LogP contribution in [-0.4, -0.2) is 45.1 Å². The molecular weight excluding hydrogens is 496 g/mol. The number of ether oxygens (including phenoxy) is 5. The SMILES string of the molecule is CCOc1ccc([C@@H]2C(C(=O)OC)=CN=c3s/c(=C/c4cc(OC)ccc4OC)c(=O)n32)cc1OCC.